The number of carbonyl (C=O) groups is 1. The summed E-state index contributed by atoms with van der Waals surface area (Å²) in [6.45, 7) is -0.0335. The predicted octanol–water partition coefficient (Wildman–Crippen LogP) is 1.90. The molecule has 1 rings (SSSR count). The number of urea groups is 1. The van der Waals surface area contributed by atoms with E-state index in [1.807, 2.05) is 5.40 Å². The molecule has 0 aromatic heterocycles. The lowest BCUT2D eigenvalue weighted by Crippen LogP contribution is -2.28. The van der Waals surface area contributed by atoms with E-state index in [9.17, 15) is 4.79 Å². The molecule has 2 amide bonds. The number of carbonyl (C=O) groups excluding carboxylic acids is 1. The van der Waals surface area contributed by atoms with Crippen molar-refractivity contribution in [3.8, 4) is 11.5 Å². The Labute approximate surface area is 97.1 Å². The summed E-state index contributed by atoms with van der Waals surface area (Å²) in [4.78, 5) is 12.0. The van der Waals surface area contributed by atoms with Crippen LogP contribution in [0.3, 0.4) is 0 Å². The number of benzene rings is 1. The molecule has 0 heterocycles. The van der Waals surface area contributed by atoms with E-state index in [1.54, 1.807) is 30.3 Å². The zero-order valence-electron chi connectivity index (χ0n) is 8.23. The maximum atomic E-state index is 11.2. The van der Waals surface area contributed by atoms with Crippen molar-refractivity contribution < 1.29 is 4.79 Å². The molecule has 0 aliphatic heterocycles. The number of hydrogen-bond donors (Lipinski definition) is 2. The van der Waals surface area contributed by atoms with Gasteiger partial charge < -0.3 is 10.6 Å². The van der Waals surface area contributed by atoms with E-state index < -0.39 is 6.03 Å². The fraction of sp³-hybridized carbons (Fsp3) is 0.100. The molecule has 6 heteroatoms. The molecular formula is C10H8N4OS. The molecule has 1 aromatic rings. The second-order valence-corrected chi connectivity index (χ2v) is 3.54. The van der Waals surface area contributed by atoms with Gasteiger partial charge >= 0.3 is 6.03 Å². The highest BCUT2D eigenvalue weighted by Crippen LogP contribution is 2.18. The standard InChI is InChI=1S/C10H8N4OS/c11-5-6-13-10(15)14-8-1-3-9(4-2-8)16-7-12/h1-4H,6H2,(H2,13,14,15). The summed E-state index contributed by atoms with van der Waals surface area (Å²) in [5.41, 5.74) is 0.609. The van der Waals surface area contributed by atoms with Gasteiger partial charge in [-0.3, -0.25) is 0 Å². The van der Waals surface area contributed by atoms with Crippen molar-refractivity contribution in [1.29, 1.82) is 10.5 Å². The molecule has 16 heavy (non-hydrogen) atoms. The largest absolute Gasteiger partial charge is 0.325 e. The van der Waals surface area contributed by atoms with Crippen LogP contribution in [0.15, 0.2) is 29.2 Å². The van der Waals surface area contributed by atoms with Crippen LogP contribution in [-0.4, -0.2) is 12.6 Å². The van der Waals surface area contributed by atoms with Gasteiger partial charge in [0.25, 0.3) is 0 Å². The van der Waals surface area contributed by atoms with Gasteiger partial charge in [-0.05, 0) is 36.0 Å². The third-order valence-corrected chi connectivity index (χ3v) is 2.20. The summed E-state index contributed by atoms with van der Waals surface area (Å²) < 4.78 is 0. The number of thiocyanates is 1. The van der Waals surface area contributed by atoms with Crippen molar-refractivity contribution in [1.82, 2.24) is 5.32 Å². The van der Waals surface area contributed by atoms with E-state index in [4.69, 9.17) is 10.5 Å². The van der Waals surface area contributed by atoms with Gasteiger partial charge in [-0.15, -0.1) is 0 Å². The smallest absolute Gasteiger partial charge is 0.320 e. The number of nitriles is 2. The van der Waals surface area contributed by atoms with Crippen LogP contribution in [0.2, 0.25) is 0 Å². The first-order valence-corrected chi connectivity index (χ1v) is 5.15. The summed E-state index contributed by atoms with van der Waals surface area (Å²) >= 11 is 1.05. The number of thioether (sulfide) groups is 1. The fourth-order valence-electron chi connectivity index (χ4n) is 0.954. The number of nitrogens with zero attached hydrogens (tertiary/aromatic N) is 2. The molecule has 0 fully saturated rings. The first-order chi connectivity index (χ1) is 7.76. The Bertz CT molecular complexity index is 443. The highest BCUT2D eigenvalue weighted by molar-refractivity contribution is 8.03. The van der Waals surface area contributed by atoms with E-state index in [0.717, 1.165) is 16.7 Å². The second-order valence-electron chi connectivity index (χ2n) is 2.68. The zero-order valence-corrected chi connectivity index (χ0v) is 9.04. The maximum Gasteiger partial charge on any atom is 0.320 e. The quantitative estimate of drug-likeness (QED) is 0.473. The van der Waals surface area contributed by atoms with Gasteiger partial charge in [-0.25, -0.2) is 4.79 Å². The van der Waals surface area contributed by atoms with Crippen molar-refractivity contribution in [3.05, 3.63) is 24.3 Å². The second kappa shape index (κ2) is 6.33. The maximum absolute atomic E-state index is 11.2. The van der Waals surface area contributed by atoms with Gasteiger partial charge in [0.15, 0.2) is 0 Å². The van der Waals surface area contributed by atoms with Crippen molar-refractivity contribution in [3.63, 3.8) is 0 Å². The molecule has 0 spiro atoms. The van der Waals surface area contributed by atoms with Crippen LogP contribution in [-0.2, 0) is 0 Å². The molecule has 0 unspecified atom stereocenters. The van der Waals surface area contributed by atoms with E-state index in [0.29, 0.717) is 5.69 Å². The number of anilines is 1. The van der Waals surface area contributed by atoms with Crippen LogP contribution in [0.5, 0.6) is 0 Å². The SMILES string of the molecule is N#CCNC(=O)Nc1ccc(SC#N)cc1. The van der Waals surface area contributed by atoms with E-state index >= 15 is 0 Å². The lowest BCUT2D eigenvalue weighted by Gasteiger charge is -2.04. The summed E-state index contributed by atoms with van der Waals surface area (Å²) in [6, 6.07) is 8.20. The van der Waals surface area contributed by atoms with Crippen LogP contribution < -0.4 is 10.6 Å². The number of hydrogen-bond acceptors (Lipinski definition) is 4. The lowest BCUT2D eigenvalue weighted by molar-refractivity contribution is 0.253. The third-order valence-electron chi connectivity index (χ3n) is 1.60. The first kappa shape index (κ1) is 11.9. The normalized spacial score (nSPS) is 8.62. The zero-order chi connectivity index (χ0) is 11.8. The Balaban J connectivity index is 2.53. The Morgan fingerprint density at radius 1 is 1.31 bits per heavy atom. The molecular weight excluding hydrogens is 224 g/mol. The third kappa shape index (κ3) is 3.91. The van der Waals surface area contributed by atoms with Crippen LogP contribution in [0, 0.1) is 22.0 Å². The Kier molecular flexibility index (Phi) is 4.71. The van der Waals surface area contributed by atoms with Gasteiger partial charge in [-0.1, -0.05) is 0 Å². The summed E-state index contributed by atoms with van der Waals surface area (Å²) in [5.74, 6) is 0. The van der Waals surface area contributed by atoms with Crippen LogP contribution in [0.25, 0.3) is 0 Å². The van der Waals surface area contributed by atoms with Gasteiger partial charge in [0, 0.05) is 10.6 Å². The lowest BCUT2D eigenvalue weighted by atomic mass is 10.3. The Hall–Kier alpha value is -2.18. The molecule has 0 aliphatic carbocycles. The Morgan fingerprint density at radius 2 is 2.00 bits per heavy atom. The molecule has 0 saturated heterocycles. The molecule has 0 radical (unpaired) electrons. The van der Waals surface area contributed by atoms with Gasteiger partial charge in [-0.2, -0.15) is 10.5 Å². The van der Waals surface area contributed by atoms with E-state index in [2.05, 4.69) is 10.6 Å². The average Bonchev–Trinajstić information content (AvgIpc) is 2.29. The minimum Gasteiger partial charge on any atom is -0.325 e. The number of nitrogens with one attached hydrogen (secondary N) is 2. The van der Waals surface area contributed by atoms with Crippen molar-refractivity contribution in [2.45, 2.75) is 4.90 Å². The molecule has 80 valence electrons. The molecule has 1 aromatic carbocycles. The first-order valence-electron chi connectivity index (χ1n) is 4.34. The van der Waals surface area contributed by atoms with Crippen molar-refractivity contribution in [2.24, 2.45) is 0 Å². The van der Waals surface area contributed by atoms with E-state index in [-0.39, 0.29) is 6.54 Å². The monoisotopic (exact) mass is 232 g/mol. The highest BCUT2D eigenvalue weighted by atomic mass is 32.2. The van der Waals surface area contributed by atoms with Crippen LogP contribution >= 0.6 is 11.8 Å². The average molecular weight is 232 g/mol. The topological polar surface area (TPSA) is 88.7 Å². The van der Waals surface area contributed by atoms with Crippen molar-refractivity contribution >= 4 is 23.5 Å². The minimum absolute atomic E-state index is 0.0335. The molecule has 2 N–H and O–H groups in total. The van der Waals surface area contributed by atoms with Crippen LogP contribution in [0.1, 0.15) is 0 Å². The van der Waals surface area contributed by atoms with Gasteiger partial charge in [0.1, 0.15) is 11.9 Å². The molecule has 0 saturated carbocycles. The van der Waals surface area contributed by atoms with Gasteiger partial charge in [0.2, 0.25) is 0 Å². The highest BCUT2D eigenvalue weighted by Gasteiger charge is 2.00. The molecule has 0 atom stereocenters. The minimum atomic E-state index is -0.428. The fourth-order valence-corrected chi connectivity index (χ4v) is 1.33. The Morgan fingerprint density at radius 3 is 2.56 bits per heavy atom. The summed E-state index contributed by atoms with van der Waals surface area (Å²) in [7, 11) is 0. The summed E-state index contributed by atoms with van der Waals surface area (Å²) in [6.07, 6.45) is 0. The predicted molar refractivity (Wildman–Crippen MR) is 60.5 cm³/mol. The van der Waals surface area contributed by atoms with Crippen molar-refractivity contribution in [2.75, 3.05) is 11.9 Å². The van der Waals surface area contributed by atoms with Crippen LogP contribution in [0.4, 0.5) is 10.5 Å². The number of rotatable bonds is 3. The van der Waals surface area contributed by atoms with Gasteiger partial charge in [0.05, 0.1) is 6.07 Å². The molecule has 0 aliphatic rings. The summed E-state index contributed by atoms with van der Waals surface area (Å²) in [5, 5.41) is 23.5. The number of amides is 2. The molecule has 5 nitrogen and oxygen atoms in total. The van der Waals surface area contributed by atoms with E-state index in [1.165, 1.54) is 0 Å². The molecule has 0 bridgehead atoms.